The van der Waals surface area contributed by atoms with Crippen molar-refractivity contribution in [2.75, 3.05) is 52.5 Å². The number of rotatable bonds is 8. The summed E-state index contributed by atoms with van der Waals surface area (Å²) >= 11 is 0. The Hall–Kier alpha value is -1.60. The van der Waals surface area contributed by atoms with Crippen molar-refractivity contribution < 1.29 is 22.7 Å². The van der Waals surface area contributed by atoms with Gasteiger partial charge >= 0.3 is 6.18 Å². The lowest BCUT2D eigenvalue weighted by molar-refractivity contribution is -0.137. The minimum Gasteiger partial charge on any atom is -0.379 e. The summed E-state index contributed by atoms with van der Waals surface area (Å²) in [5.41, 5.74) is 5.14. The summed E-state index contributed by atoms with van der Waals surface area (Å²) in [6.07, 6.45) is -3.52. The molecule has 0 saturated carbocycles. The molecule has 0 bridgehead atoms. The lowest BCUT2D eigenvalue weighted by Crippen LogP contribution is -2.39. The van der Waals surface area contributed by atoms with E-state index in [2.05, 4.69) is 20.5 Å². The third-order valence-corrected chi connectivity index (χ3v) is 4.21. The topological polar surface area (TPSA) is 92.0 Å². The molecule has 1 heterocycles. The summed E-state index contributed by atoms with van der Waals surface area (Å²) in [4.78, 5) is 18.5. The highest BCUT2D eigenvalue weighted by Crippen LogP contribution is 2.28. The molecule has 11 heteroatoms. The molecule has 0 aromatic heterocycles. The van der Waals surface area contributed by atoms with Gasteiger partial charge < -0.3 is 21.1 Å². The smallest absolute Gasteiger partial charge is 0.379 e. The first-order valence-electron chi connectivity index (χ1n) is 9.15. The number of morpholine rings is 1. The van der Waals surface area contributed by atoms with Gasteiger partial charge in [-0.15, -0.1) is 24.0 Å². The highest BCUT2D eigenvalue weighted by Gasteiger charge is 2.30. The van der Waals surface area contributed by atoms with Crippen LogP contribution in [0.1, 0.15) is 22.3 Å². The second-order valence-corrected chi connectivity index (χ2v) is 6.33. The quantitative estimate of drug-likeness (QED) is 0.206. The SMILES string of the molecule is I.NC(=NCCCN1CCOCC1)NCCNC(=O)c1ccc(C(F)(F)F)cc1. The summed E-state index contributed by atoms with van der Waals surface area (Å²) in [6, 6.07) is 4.06. The van der Waals surface area contributed by atoms with Gasteiger partial charge in [0.1, 0.15) is 0 Å². The van der Waals surface area contributed by atoms with Crippen molar-refractivity contribution in [2.24, 2.45) is 10.7 Å². The molecule has 1 aliphatic rings. The molecule has 0 unspecified atom stereocenters. The molecule has 1 aromatic carbocycles. The number of halogens is 4. The van der Waals surface area contributed by atoms with Crippen LogP contribution in [0.15, 0.2) is 29.3 Å². The largest absolute Gasteiger partial charge is 0.416 e. The molecule has 0 atom stereocenters. The highest BCUT2D eigenvalue weighted by molar-refractivity contribution is 14.0. The predicted octanol–water partition coefficient (Wildman–Crippen LogP) is 1.68. The van der Waals surface area contributed by atoms with Gasteiger partial charge in [-0.05, 0) is 30.7 Å². The van der Waals surface area contributed by atoms with E-state index >= 15 is 0 Å². The fraction of sp³-hybridized carbons (Fsp3) is 0.556. The van der Waals surface area contributed by atoms with Crippen LogP contribution in [0, 0.1) is 0 Å². The first-order chi connectivity index (χ1) is 13.4. The molecule has 164 valence electrons. The monoisotopic (exact) mass is 529 g/mol. The number of guanidine groups is 1. The molecule has 0 spiro atoms. The summed E-state index contributed by atoms with van der Waals surface area (Å²) in [6.45, 7) is 5.61. The van der Waals surface area contributed by atoms with Gasteiger partial charge in [-0.3, -0.25) is 14.7 Å². The van der Waals surface area contributed by atoms with Crippen molar-refractivity contribution >= 4 is 35.8 Å². The van der Waals surface area contributed by atoms with Crippen molar-refractivity contribution in [2.45, 2.75) is 12.6 Å². The van der Waals surface area contributed by atoms with Crippen LogP contribution >= 0.6 is 24.0 Å². The van der Waals surface area contributed by atoms with Crippen LogP contribution < -0.4 is 16.4 Å². The summed E-state index contributed by atoms with van der Waals surface area (Å²) < 4.78 is 42.8. The standard InChI is InChI=1S/C18H26F3N5O2.HI/c19-18(20,21)15-4-2-14(3-5-15)16(27)23-7-8-25-17(22)24-6-1-9-26-10-12-28-13-11-26;/h2-5H,1,6-13H2,(H,23,27)(H3,22,24,25);1H. The number of hydrogen-bond donors (Lipinski definition) is 3. The number of carbonyl (C=O) groups is 1. The second kappa shape index (κ2) is 12.9. The first kappa shape index (κ1) is 25.4. The normalized spacial score (nSPS) is 15.5. The van der Waals surface area contributed by atoms with E-state index in [1.807, 2.05) is 0 Å². The van der Waals surface area contributed by atoms with Crippen LogP contribution in [0.5, 0.6) is 0 Å². The third kappa shape index (κ3) is 9.63. The first-order valence-corrected chi connectivity index (χ1v) is 9.15. The average molecular weight is 529 g/mol. The molecule has 1 aromatic rings. The Kier molecular flexibility index (Phi) is 11.3. The molecule has 7 nitrogen and oxygen atoms in total. The van der Waals surface area contributed by atoms with Crippen molar-refractivity contribution in [3.05, 3.63) is 35.4 Å². The van der Waals surface area contributed by atoms with Crippen molar-refractivity contribution in [1.82, 2.24) is 15.5 Å². The van der Waals surface area contributed by atoms with E-state index in [0.29, 0.717) is 19.0 Å². The van der Waals surface area contributed by atoms with E-state index in [0.717, 1.165) is 63.5 Å². The maximum atomic E-state index is 12.5. The lowest BCUT2D eigenvalue weighted by atomic mass is 10.1. The Morgan fingerprint density at radius 2 is 1.76 bits per heavy atom. The van der Waals surface area contributed by atoms with Gasteiger partial charge in [-0.2, -0.15) is 13.2 Å². The Morgan fingerprint density at radius 1 is 1.14 bits per heavy atom. The molecule has 1 fully saturated rings. The van der Waals surface area contributed by atoms with Crippen molar-refractivity contribution in [1.29, 1.82) is 0 Å². The van der Waals surface area contributed by atoms with Gasteiger partial charge in [-0.25, -0.2) is 0 Å². The lowest BCUT2D eigenvalue weighted by Gasteiger charge is -2.26. The number of aliphatic imine (C=N–C) groups is 1. The molecule has 1 amide bonds. The minimum atomic E-state index is -4.42. The maximum Gasteiger partial charge on any atom is 0.416 e. The zero-order valence-electron chi connectivity index (χ0n) is 16.0. The fourth-order valence-corrected chi connectivity index (χ4v) is 2.65. The van der Waals surface area contributed by atoms with E-state index in [1.165, 1.54) is 0 Å². The molecule has 0 aliphatic carbocycles. The van der Waals surface area contributed by atoms with Gasteiger partial charge in [0.15, 0.2) is 5.96 Å². The van der Waals surface area contributed by atoms with E-state index in [1.54, 1.807) is 0 Å². The van der Waals surface area contributed by atoms with Crippen molar-refractivity contribution in [3.8, 4) is 0 Å². The predicted molar refractivity (Wildman–Crippen MR) is 116 cm³/mol. The molecule has 1 aliphatic heterocycles. The number of nitrogens with two attached hydrogens (primary N) is 1. The number of nitrogens with one attached hydrogen (secondary N) is 2. The van der Waals surface area contributed by atoms with Crippen LogP contribution in [0.25, 0.3) is 0 Å². The third-order valence-electron chi connectivity index (χ3n) is 4.21. The number of carbonyl (C=O) groups excluding carboxylic acids is 1. The Morgan fingerprint density at radius 3 is 2.38 bits per heavy atom. The molecule has 1 saturated heterocycles. The van der Waals surface area contributed by atoms with Crippen LogP contribution in [0.3, 0.4) is 0 Å². The Bertz CT molecular complexity index is 650. The van der Waals surface area contributed by atoms with Crippen LogP contribution in [-0.4, -0.2) is 69.2 Å². The number of amides is 1. The second-order valence-electron chi connectivity index (χ2n) is 6.33. The molecule has 4 N–H and O–H groups in total. The van der Waals surface area contributed by atoms with Crippen LogP contribution in [0.4, 0.5) is 13.2 Å². The fourth-order valence-electron chi connectivity index (χ4n) is 2.65. The van der Waals surface area contributed by atoms with E-state index in [9.17, 15) is 18.0 Å². The number of nitrogens with zero attached hydrogens (tertiary/aromatic N) is 2. The Balaban J connectivity index is 0.00000420. The molecule has 0 radical (unpaired) electrons. The van der Waals surface area contributed by atoms with Gasteiger partial charge in [0, 0.05) is 44.8 Å². The van der Waals surface area contributed by atoms with Crippen molar-refractivity contribution in [3.63, 3.8) is 0 Å². The molecular weight excluding hydrogens is 502 g/mol. The van der Waals surface area contributed by atoms with Crippen LogP contribution in [-0.2, 0) is 10.9 Å². The number of alkyl halides is 3. The minimum absolute atomic E-state index is 0. The van der Waals surface area contributed by atoms with Gasteiger partial charge in [0.05, 0.1) is 18.8 Å². The molecule has 29 heavy (non-hydrogen) atoms. The zero-order valence-corrected chi connectivity index (χ0v) is 18.3. The molecular formula is C18H27F3IN5O2. The maximum absolute atomic E-state index is 12.5. The summed E-state index contributed by atoms with van der Waals surface area (Å²) in [5, 5.41) is 5.50. The highest BCUT2D eigenvalue weighted by atomic mass is 127. The van der Waals surface area contributed by atoms with Gasteiger partial charge in [0.2, 0.25) is 0 Å². The number of benzene rings is 1. The Labute approximate surface area is 185 Å². The van der Waals surface area contributed by atoms with Gasteiger partial charge in [0.25, 0.3) is 5.91 Å². The van der Waals surface area contributed by atoms with E-state index in [4.69, 9.17) is 10.5 Å². The zero-order chi connectivity index (χ0) is 20.4. The summed E-state index contributed by atoms with van der Waals surface area (Å²) in [7, 11) is 0. The van der Waals surface area contributed by atoms with E-state index < -0.39 is 17.6 Å². The molecule has 2 rings (SSSR count). The van der Waals surface area contributed by atoms with Crippen LogP contribution in [0.2, 0.25) is 0 Å². The number of hydrogen-bond acceptors (Lipinski definition) is 4. The number of ether oxygens (including phenoxy) is 1. The average Bonchev–Trinajstić information content (AvgIpc) is 2.68. The van der Waals surface area contributed by atoms with E-state index in [-0.39, 0.29) is 36.1 Å². The van der Waals surface area contributed by atoms with Gasteiger partial charge in [-0.1, -0.05) is 0 Å². The summed E-state index contributed by atoms with van der Waals surface area (Å²) in [5.74, 6) is -0.151.